The number of piperazine rings is 1. The van der Waals surface area contributed by atoms with Crippen LogP contribution in [0, 0.1) is 5.82 Å². The quantitative estimate of drug-likeness (QED) is 0.710. The molecule has 0 radical (unpaired) electrons. The number of benzene rings is 1. The third kappa shape index (κ3) is 4.33. The van der Waals surface area contributed by atoms with E-state index in [-0.39, 0.29) is 11.7 Å². The minimum absolute atomic E-state index is 0.230. The van der Waals surface area contributed by atoms with Crippen molar-refractivity contribution in [3.8, 4) is 16.3 Å². The Morgan fingerprint density at radius 2 is 2.03 bits per heavy atom. The summed E-state index contributed by atoms with van der Waals surface area (Å²) in [5.41, 5.74) is 1.75. The van der Waals surface area contributed by atoms with E-state index in [0.29, 0.717) is 17.9 Å². The van der Waals surface area contributed by atoms with Gasteiger partial charge in [-0.25, -0.2) is 9.37 Å². The molecule has 0 unspecified atom stereocenters. The van der Waals surface area contributed by atoms with Gasteiger partial charge in [-0.3, -0.25) is 14.6 Å². The molecule has 8 heteroatoms. The number of carbonyl (C=O) groups is 1. The predicted molar refractivity (Wildman–Crippen MR) is 119 cm³/mol. The lowest BCUT2D eigenvalue weighted by molar-refractivity contribution is -0.135. The molecule has 3 heterocycles. The van der Waals surface area contributed by atoms with E-state index in [1.165, 1.54) is 31.4 Å². The largest absolute Gasteiger partial charge is 0.496 e. The summed E-state index contributed by atoms with van der Waals surface area (Å²) in [4.78, 5) is 25.6. The average Bonchev–Trinajstić information content (AvgIpc) is 3.16. The Morgan fingerprint density at radius 1 is 1.23 bits per heavy atom. The third-order valence-electron chi connectivity index (χ3n) is 6.82. The molecule has 0 atom stereocenters. The number of aromatic nitrogens is 1. The number of ether oxygens (including phenoxy) is 1. The molecule has 1 aliphatic carbocycles. The Balaban J connectivity index is 1.20. The minimum atomic E-state index is -0.298. The van der Waals surface area contributed by atoms with Crippen molar-refractivity contribution in [2.24, 2.45) is 0 Å². The summed E-state index contributed by atoms with van der Waals surface area (Å²) in [6, 6.07) is 5.28. The highest BCUT2D eigenvalue weighted by Gasteiger charge is 2.30. The van der Waals surface area contributed by atoms with E-state index in [0.717, 1.165) is 67.3 Å². The van der Waals surface area contributed by atoms with E-state index in [9.17, 15) is 9.18 Å². The normalized spacial score (nSPS) is 20.4. The van der Waals surface area contributed by atoms with Crippen LogP contribution in [0.15, 0.2) is 18.2 Å². The zero-order valence-electron chi connectivity index (χ0n) is 18.0. The van der Waals surface area contributed by atoms with Crippen molar-refractivity contribution in [3.05, 3.63) is 34.6 Å². The Hall–Kier alpha value is -2.03. The van der Waals surface area contributed by atoms with E-state index >= 15 is 0 Å². The molecular formula is C23H29FN4O2S. The molecule has 1 saturated carbocycles. The van der Waals surface area contributed by atoms with Gasteiger partial charge in [0.25, 0.3) is 0 Å². The topological polar surface area (TPSA) is 48.9 Å². The molecule has 6 nitrogen and oxygen atoms in total. The highest BCUT2D eigenvalue weighted by molar-refractivity contribution is 7.15. The number of fused-ring (bicyclic) bond motifs is 1. The second-order valence-electron chi connectivity index (χ2n) is 8.70. The molecule has 0 bridgehead atoms. The molecule has 0 N–H and O–H groups in total. The van der Waals surface area contributed by atoms with Crippen molar-refractivity contribution in [1.82, 2.24) is 19.7 Å². The predicted octanol–water partition coefficient (Wildman–Crippen LogP) is 3.01. The second kappa shape index (κ2) is 8.84. The van der Waals surface area contributed by atoms with Gasteiger partial charge in [0.05, 0.1) is 24.9 Å². The van der Waals surface area contributed by atoms with Gasteiger partial charge in [0.15, 0.2) is 0 Å². The van der Waals surface area contributed by atoms with Crippen LogP contribution in [0.4, 0.5) is 4.39 Å². The summed E-state index contributed by atoms with van der Waals surface area (Å²) < 4.78 is 19.2. The molecule has 5 rings (SSSR count). The number of thiazole rings is 1. The highest BCUT2D eigenvalue weighted by Crippen LogP contribution is 2.37. The molecule has 2 aliphatic heterocycles. The van der Waals surface area contributed by atoms with E-state index in [2.05, 4.69) is 9.80 Å². The number of amides is 1. The Bertz CT molecular complexity index is 953. The maximum absolute atomic E-state index is 13.8. The summed E-state index contributed by atoms with van der Waals surface area (Å²) in [5.74, 6) is 0.558. The number of nitrogens with zero attached hydrogens (tertiary/aromatic N) is 4. The van der Waals surface area contributed by atoms with E-state index < -0.39 is 0 Å². The molecule has 1 amide bonds. The van der Waals surface area contributed by atoms with Crippen molar-refractivity contribution in [1.29, 1.82) is 0 Å². The maximum atomic E-state index is 13.8. The number of hydrogen-bond acceptors (Lipinski definition) is 6. The van der Waals surface area contributed by atoms with Gasteiger partial charge in [0.1, 0.15) is 16.6 Å². The van der Waals surface area contributed by atoms with Gasteiger partial charge < -0.3 is 9.64 Å². The molecule has 166 valence electrons. The molecule has 2 aromatic rings. The summed E-state index contributed by atoms with van der Waals surface area (Å²) in [6.45, 7) is 5.71. The molecule has 31 heavy (non-hydrogen) atoms. The minimum Gasteiger partial charge on any atom is -0.496 e. The Labute approximate surface area is 186 Å². The fourth-order valence-electron chi connectivity index (χ4n) is 4.73. The lowest BCUT2D eigenvalue weighted by Crippen LogP contribution is -2.55. The van der Waals surface area contributed by atoms with Crippen molar-refractivity contribution in [3.63, 3.8) is 0 Å². The van der Waals surface area contributed by atoms with E-state index in [1.807, 2.05) is 4.90 Å². The van der Waals surface area contributed by atoms with Gasteiger partial charge in [-0.1, -0.05) is 6.42 Å². The van der Waals surface area contributed by atoms with Gasteiger partial charge in [0.2, 0.25) is 5.91 Å². The van der Waals surface area contributed by atoms with Crippen LogP contribution in [-0.4, -0.2) is 78.0 Å². The summed E-state index contributed by atoms with van der Waals surface area (Å²) in [6.07, 6.45) is 4.81. The zero-order valence-corrected chi connectivity index (χ0v) is 18.8. The van der Waals surface area contributed by atoms with E-state index in [4.69, 9.17) is 9.72 Å². The summed E-state index contributed by atoms with van der Waals surface area (Å²) in [7, 11) is 1.59. The third-order valence-corrected chi connectivity index (χ3v) is 7.93. The van der Waals surface area contributed by atoms with Crippen LogP contribution >= 0.6 is 11.3 Å². The monoisotopic (exact) mass is 444 g/mol. The lowest BCUT2D eigenvalue weighted by atomic mass is 9.91. The van der Waals surface area contributed by atoms with Crippen molar-refractivity contribution in [2.45, 2.75) is 38.3 Å². The summed E-state index contributed by atoms with van der Waals surface area (Å²) >= 11 is 1.57. The average molecular weight is 445 g/mol. The first-order valence-corrected chi connectivity index (χ1v) is 12.0. The maximum Gasteiger partial charge on any atom is 0.236 e. The van der Waals surface area contributed by atoms with Gasteiger partial charge in [-0.15, -0.1) is 11.3 Å². The van der Waals surface area contributed by atoms with E-state index in [1.54, 1.807) is 24.5 Å². The first-order valence-electron chi connectivity index (χ1n) is 11.2. The molecule has 1 aromatic carbocycles. The number of hydrogen-bond donors (Lipinski definition) is 0. The SMILES string of the molecule is COc1ccc(F)cc1-c1nc2c(s1)CN(CC(=O)N1CCN(C3CCC3)CC1)CC2. The van der Waals surface area contributed by atoms with Crippen molar-refractivity contribution >= 4 is 17.2 Å². The van der Waals surface area contributed by atoms with Gasteiger partial charge in [-0.2, -0.15) is 0 Å². The summed E-state index contributed by atoms with van der Waals surface area (Å²) in [5, 5.41) is 0.779. The van der Waals surface area contributed by atoms with Crippen molar-refractivity contribution < 1.29 is 13.9 Å². The second-order valence-corrected chi connectivity index (χ2v) is 9.78. The van der Waals surface area contributed by atoms with Crippen LogP contribution in [0.2, 0.25) is 0 Å². The Morgan fingerprint density at radius 3 is 2.74 bits per heavy atom. The number of methoxy groups -OCH3 is 1. The molecule has 1 aromatic heterocycles. The smallest absolute Gasteiger partial charge is 0.236 e. The number of halogens is 1. The lowest BCUT2D eigenvalue weighted by Gasteiger charge is -2.43. The first kappa shape index (κ1) is 20.8. The zero-order chi connectivity index (χ0) is 21.4. The van der Waals surface area contributed by atoms with Crippen LogP contribution in [0.3, 0.4) is 0 Å². The van der Waals surface area contributed by atoms with Crippen LogP contribution in [-0.2, 0) is 17.8 Å². The van der Waals surface area contributed by atoms with Gasteiger partial charge in [-0.05, 0) is 31.0 Å². The van der Waals surface area contributed by atoms with Crippen molar-refractivity contribution in [2.75, 3.05) is 46.4 Å². The molecule has 0 spiro atoms. The fraction of sp³-hybridized carbons (Fsp3) is 0.565. The van der Waals surface area contributed by atoms with Gasteiger partial charge in [0, 0.05) is 56.6 Å². The molecule has 1 saturated heterocycles. The van der Waals surface area contributed by atoms with Crippen LogP contribution in [0.5, 0.6) is 5.75 Å². The van der Waals surface area contributed by atoms with Crippen LogP contribution < -0.4 is 4.74 Å². The fourth-order valence-corrected chi connectivity index (χ4v) is 5.90. The van der Waals surface area contributed by atoms with Gasteiger partial charge >= 0.3 is 0 Å². The Kier molecular flexibility index (Phi) is 5.95. The number of carbonyl (C=O) groups excluding carboxylic acids is 1. The highest BCUT2D eigenvalue weighted by atomic mass is 32.1. The molecule has 2 fully saturated rings. The molecular weight excluding hydrogens is 415 g/mol. The standard InChI is InChI=1S/C23H29FN4O2S/c1-30-20-6-5-16(24)13-18(20)23-25-19-7-8-26(14-21(19)31-23)15-22(29)28-11-9-27(10-12-28)17-3-2-4-17/h5-6,13,17H,2-4,7-12,14-15H2,1H3. The molecule has 3 aliphatic rings. The first-order chi connectivity index (χ1) is 15.1. The number of rotatable bonds is 5. The van der Waals surface area contributed by atoms with Crippen LogP contribution in [0.25, 0.3) is 10.6 Å². The van der Waals surface area contributed by atoms with Crippen LogP contribution in [0.1, 0.15) is 29.8 Å².